The maximum atomic E-state index is 5.77. The highest BCUT2D eigenvalue weighted by molar-refractivity contribution is 5.40. The summed E-state index contributed by atoms with van der Waals surface area (Å²) in [7, 11) is 0. The largest absolute Gasteiger partial charge is 0.381 e. The van der Waals surface area contributed by atoms with Gasteiger partial charge < -0.3 is 10.3 Å². The van der Waals surface area contributed by atoms with Crippen molar-refractivity contribution in [3.8, 4) is 0 Å². The smallest absolute Gasteiger partial charge is 0.170 e. The molecule has 0 aromatic carbocycles. The molecular formula is C10H14N2O. The Morgan fingerprint density at radius 3 is 2.31 bits per heavy atom. The normalized spacial score (nSPS) is 22.5. The average Bonchev–Trinajstić information content (AvgIpc) is 2.96. The van der Waals surface area contributed by atoms with Gasteiger partial charge in [0.1, 0.15) is 6.26 Å². The summed E-state index contributed by atoms with van der Waals surface area (Å²) in [4.78, 5) is 0. The van der Waals surface area contributed by atoms with E-state index in [4.69, 9.17) is 10.3 Å². The molecule has 0 saturated heterocycles. The molecule has 70 valence electrons. The molecule has 0 amide bonds. The first kappa shape index (κ1) is 7.42. The topological polar surface area (TPSA) is 52.0 Å². The summed E-state index contributed by atoms with van der Waals surface area (Å²) in [6.45, 7) is 0. The number of nitrogens with two attached hydrogens (primary N) is 1. The van der Waals surface area contributed by atoms with Crippen LogP contribution < -0.4 is 5.73 Å². The molecule has 2 aliphatic rings. The van der Waals surface area contributed by atoms with E-state index in [0.29, 0.717) is 11.7 Å². The van der Waals surface area contributed by atoms with Gasteiger partial charge in [-0.25, -0.2) is 0 Å². The Bertz CT molecular complexity index is 300. The third kappa shape index (κ3) is 1.23. The molecule has 1 heterocycles. The fourth-order valence-electron chi connectivity index (χ4n) is 2.31. The van der Waals surface area contributed by atoms with Gasteiger partial charge in [0.25, 0.3) is 0 Å². The summed E-state index contributed by atoms with van der Waals surface area (Å²) < 4.78 is 4.91. The zero-order chi connectivity index (χ0) is 8.84. The van der Waals surface area contributed by atoms with Crippen LogP contribution in [0.15, 0.2) is 10.8 Å². The standard InChI is InChI=1S/C10H14N2O/c11-10-8(5-13-12-10)9(6-1-2-6)7-3-4-7/h5-7,9H,1-4H2,(H2,11,12). The lowest BCUT2D eigenvalue weighted by atomic mass is 9.91. The van der Waals surface area contributed by atoms with Crippen molar-refractivity contribution < 1.29 is 4.52 Å². The molecule has 13 heavy (non-hydrogen) atoms. The first-order valence-corrected chi connectivity index (χ1v) is 5.06. The van der Waals surface area contributed by atoms with E-state index < -0.39 is 0 Å². The van der Waals surface area contributed by atoms with E-state index in [1.54, 1.807) is 6.26 Å². The van der Waals surface area contributed by atoms with E-state index in [-0.39, 0.29) is 0 Å². The van der Waals surface area contributed by atoms with Crippen molar-refractivity contribution in [1.82, 2.24) is 5.16 Å². The Kier molecular flexibility index (Phi) is 1.43. The van der Waals surface area contributed by atoms with Gasteiger partial charge in [-0.1, -0.05) is 5.16 Å². The van der Waals surface area contributed by atoms with Gasteiger partial charge in [0, 0.05) is 5.56 Å². The fourth-order valence-corrected chi connectivity index (χ4v) is 2.31. The van der Waals surface area contributed by atoms with Gasteiger partial charge >= 0.3 is 0 Å². The van der Waals surface area contributed by atoms with E-state index in [9.17, 15) is 0 Å². The van der Waals surface area contributed by atoms with Crippen molar-refractivity contribution in [3.63, 3.8) is 0 Å². The number of anilines is 1. The molecule has 0 atom stereocenters. The third-order valence-corrected chi connectivity index (χ3v) is 3.25. The number of nitrogen functional groups attached to an aromatic ring is 1. The molecule has 1 aromatic heterocycles. The van der Waals surface area contributed by atoms with Gasteiger partial charge in [-0.3, -0.25) is 0 Å². The van der Waals surface area contributed by atoms with Crippen molar-refractivity contribution in [2.45, 2.75) is 31.6 Å². The van der Waals surface area contributed by atoms with Gasteiger partial charge in [0.2, 0.25) is 0 Å². The maximum Gasteiger partial charge on any atom is 0.170 e. The van der Waals surface area contributed by atoms with Crippen LogP contribution in [0.1, 0.15) is 37.2 Å². The van der Waals surface area contributed by atoms with Crippen molar-refractivity contribution >= 4 is 5.82 Å². The van der Waals surface area contributed by atoms with Gasteiger partial charge in [-0.15, -0.1) is 0 Å². The van der Waals surface area contributed by atoms with Crippen molar-refractivity contribution in [1.29, 1.82) is 0 Å². The minimum atomic E-state index is 0.615. The molecular weight excluding hydrogens is 164 g/mol. The second-order valence-electron chi connectivity index (χ2n) is 4.36. The predicted octanol–water partition coefficient (Wildman–Crippen LogP) is 2.16. The van der Waals surface area contributed by atoms with Crippen molar-refractivity contribution in [3.05, 3.63) is 11.8 Å². The van der Waals surface area contributed by atoms with Crippen LogP contribution in [-0.4, -0.2) is 5.16 Å². The Morgan fingerprint density at radius 2 is 1.92 bits per heavy atom. The van der Waals surface area contributed by atoms with E-state index in [0.717, 1.165) is 11.8 Å². The number of rotatable bonds is 3. The molecule has 2 aliphatic carbocycles. The first-order valence-electron chi connectivity index (χ1n) is 5.06. The highest BCUT2D eigenvalue weighted by Crippen LogP contribution is 2.55. The van der Waals surface area contributed by atoms with Crippen molar-refractivity contribution in [2.24, 2.45) is 11.8 Å². The van der Waals surface area contributed by atoms with Crippen LogP contribution in [0.25, 0.3) is 0 Å². The number of hydrogen-bond acceptors (Lipinski definition) is 3. The van der Waals surface area contributed by atoms with Crippen LogP contribution in [0, 0.1) is 11.8 Å². The molecule has 0 aliphatic heterocycles. The van der Waals surface area contributed by atoms with Crippen LogP contribution in [0.5, 0.6) is 0 Å². The Labute approximate surface area is 77.3 Å². The molecule has 0 spiro atoms. The Morgan fingerprint density at radius 1 is 1.31 bits per heavy atom. The van der Waals surface area contributed by atoms with Gasteiger partial charge in [0.05, 0.1) is 0 Å². The number of nitrogens with zero attached hydrogens (tertiary/aromatic N) is 1. The van der Waals surface area contributed by atoms with E-state index in [2.05, 4.69) is 5.16 Å². The lowest BCUT2D eigenvalue weighted by Crippen LogP contribution is -2.05. The highest BCUT2D eigenvalue weighted by atomic mass is 16.5. The van der Waals surface area contributed by atoms with Crippen LogP contribution in [0.4, 0.5) is 5.82 Å². The SMILES string of the molecule is Nc1nocc1C(C1CC1)C1CC1. The van der Waals surface area contributed by atoms with E-state index in [1.165, 1.54) is 31.2 Å². The quantitative estimate of drug-likeness (QED) is 0.771. The predicted molar refractivity (Wildman–Crippen MR) is 49.1 cm³/mol. The van der Waals surface area contributed by atoms with Gasteiger partial charge in [-0.2, -0.15) is 0 Å². The molecule has 2 fully saturated rings. The molecule has 2 saturated carbocycles. The van der Waals surface area contributed by atoms with Crippen LogP contribution >= 0.6 is 0 Å². The zero-order valence-electron chi connectivity index (χ0n) is 7.57. The first-order chi connectivity index (χ1) is 6.36. The third-order valence-electron chi connectivity index (χ3n) is 3.25. The molecule has 3 heteroatoms. The summed E-state index contributed by atoms with van der Waals surface area (Å²) >= 11 is 0. The number of hydrogen-bond donors (Lipinski definition) is 1. The van der Waals surface area contributed by atoms with E-state index in [1.807, 2.05) is 0 Å². The molecule has 0 unspecified atom stereocenters. The van der Waals surface area contributed by atoms with Crippen molar-refractivity contribution in [2.75, 3.05) is 5.73 Å². The minimum absolute atomic E-state index is 0.615. The van der Waals surface area contributed by atoms with Crippen LogP contribution in [0.2, 0.25) is 0 Å². The molecule has 3 nitrogen and oxygen atoms in total. The minimum Gasteiger partial charge on any atom is -0.381 e. The van der Waals surface area contributed by atoms with Gasteiger partial charge in [-0.05, 0) is 43.4 Å². The maximum absolute atomic E-state index is 5.77. The molecule has 1 aromatic rings. The summed E-state index contributed by atoms with van der Waals surface area (Å²) in [5.41, 5.74) is 6.94. The molecule has 0 radical (unpaired) electrons. The van der Waals surface area contributed by atoms with Crippen LogP contribution in [0.3, 0.4) is 0 Å². The Hall–Kier alpha value is -0.990. The summed E-state index contributed by atoms with van der Waals surface area (Å²) in [5.74, 6) is 3.01. The zero-order valence-corrected chi connectivity index (χ0v) is 7.57. The second-order valence-corrected chi connectivity index (χ2v) is 4.36. The second kappa shape index (κ2) is 2.50. The van der Waals surface area contributed by atoms with Crippen LogP contribution in [-0.2, 0) is 0 Å². The summed E-state index contributed by atoms with van der Waals surface area (Å²) in [6.07, 6.45) is 7.21. The van der Waals surface area contributed by atoms with Gasteiger partial charge in [0.15, 0.2) is 5.82 Å². The molecule has 0 bridgehead atoms. The lowest BCUT2D eigenvalue weighted by molar-refractivity contribution is 0.418. The summed E-state index contributed by atoms with van der Waals surface area (Å²) in [5, 5.41) is 3.76. The Balaban J connectivity index is 1.90. The van der Waals surface area contributed by atoms with E-state index >= 15 is 0 Å². The number of aromatic nitrogens is 1. The molecule has 2 N–H and O–H groups in total. The summed E-state index contributed by atoms with van der Waals surface area (Å²) in [6, 6.07) is 0. The monoisotopic (exact) mass is 178 g/mol. The highest BCUT2D eigenvalue weighted by Gasteiger charge is 2.43. The lowest BCUT2D eigenvalue weighted by Gasteiger charge is -2.12. The fraction of sp³-hybridized carbons (Fsp3) is 0.700. The molecule has 3 rings (SSSR count). The average molecular weight is 178 g/mol.